The van der Waals surface area contributed by atoms with E-state index in [0.29, 0.717) is 17.5 Å². The van der Waals surface area contributed by atoms with Gasteiger partial charge in [-0.25, -0.2) is 9.97 Å². The number of rotatable bonds is 5. The minimum Gasteiger partial charge on any atom is -0.354 e. The average molecular weight is 279 g/mol. The van der Waals surface area contributed by atoms with E-state index in [1.165, 1.54) is 12.4 Å². The van der Waals surface area contributed by atoms with Crippen molar-refractivity contribution in [2.24, 2.45) is 0 Å². The largest absolute Gasteiger partial charge is 0.354 e. The molecular weight excluding hydrogens is 268 g/mol. The Balaban J connectivity index is 1.85. The summed E-state index contributed by atoms with van der Waals surface area (Å²) in [4.78, 5) is 17.6. The maximum Gasteiger partial charge on any atom is 0.305 e. The van der Waals surface area contributed by atoms with E-state index in [0.717, 1.165) is 12.0 Å². The second-order valence-corrected chi connectivity index (χ2v) is 4.26. The van der Waals surface area contributed by atoms with E-state index in [9.17, 15) is 10.1 Å². The maximum atomic E-state index is 10.4. The lowest BCUT2D eigenvalue weighted by molar-refractivity contribution is -0.385. The van der Waals surface area contributed by atoms with Crippen molar-refractivity contribution >= 4 is 23.2 Å². The van der Waals surface area contributed by atoms with E-state index in [1.807, 2.05) is 24.3 Å². The van der Waals surface area contributed by atoms with Crippen molar-refractivity contribution in [2.45, 2.75) is 6.42 Å². The first-order chi connectivity index (χ1) is 9.15. The van der Waals surface area contributed by atoms with Crippen molar-refractivity contribution in [3.8, 4) is 0 Å². The molecule has 0 saturated heterocycles. The Labute approximate surface area is 114 Å². The molecule has 1 aromatic carbocycles. The molecule has 0 unspecified atom stereocenters. The average Bonchev–Trinajstić information content (AvgIpc) is 2.41. The number of hydrogen-bond donors (Lipinski definition) is 1. The zero-order valence-corrected chi connectivity index (χ0v) is 10.7. The Hall–Kier alpha value is -2.21. The molecular formula is C12H11ClN4O2. The Kier molecular flexibility index (Phi) is 4.25. The van der Waals surface area contributed by atoms with Gasteiger partial charge < -0.3 is 5.32 Å². The van der Waals surface area contributed by atoms with Crippen LogP contribution >= 0.6 is 11.6 Å². The Morgan fingerprint density at radius 3 is 2.42 bits per heavy atom. The summed E-state index contributed by atoms with van der Waals surface area (Å²) in [5.41, 5.74) is 1.02. The first-order valence-corrected chi connectivity index (χ1v) is 5.98. The number of halogens is 1. The Bertz CT molecular complexity index is 557. The fraction of sp³-hybridized carbons (Fsp3) is 0.167. The highest BCUT2D eigenvalue weighted by molar-refractivity contribution is 6.30. The zero-order valence-electron chi connectivity index (χ0n) is 9.91. The number of nitro groups is 1. The molecule has 0 amide bonds. The van der Waals surface area contributed by atoms with E-state index in [1.54, 1.807) is 0 Å². The van der Waals surface area contributed by atoms with Crippen molar-refractivity contribution in [1.29, 1.82) is 0 Å². The molecule has 2 aromatic rings. The molecule has 0 spiro atoms. The number of anilines is 1. The van der Waals surface area contributed by atoms with E-state index in [2.05, 4.69) is 15.3 Å². The van der Waals surface area contributed by atoms with E-state index in [-0.39, 0.29) is 5.69 Å². The fourth-order valence-corrected chi connectivity index (χ4v) is 1.60. The van der Waals surface area contributed by atoms with Gasteiger partial charge in [0.15, 0.2) is 0 Å². The predicted molar refractivity (Wildman–Crippen MR) is 72.3 cm³/mol. The van der Waals surface area contributed by atoms with Crippen LogP contribution < -0.4 is 5.32 Å². The monoisotopic (exact) mass is 278 g/mol. The molecule has 2 rings (SSSR count). The van der Waals surface area contributed by atoms with Crippen LogP contribution in [0.4, 0.5) is 11.6 Å². The summed E-state index contributed by atoms with van der Waals surface area (Å²) in [6, 6.07) is 7.56. The van der Waals surface area contributed by atoms with Crippen LogP contribution in [0.25, 0.3) is 0 Å². The van der Waals surface area contributed by atoms with Crippen LogP contribution in [0.1, 0.15) is 5.56 Å². The standard InChI is InChI=1S/C12H11ClN4O2/c13-10-3-1-9(2-4-10)5-6-14-12-15-7-11(8-16-12)17(18)19/h1-4,7-8H,5-6H2,(H,14,15,16). The van der Waals surface area contributed by atoms with Crippen molar-refractivity contribution in [3.05, 3.63) is 57.4 Å². The third kappa shape index (κ3) is 3.89. The lowest BCUT2D eigenvalue weighted by Crippen LogP contribution is -2.08. The lowest BCUT2D eigenvalue weighted by atomic mass is 10.1. The van der Waals surface area contributed by atoms with Gasteiger partial charge in [-0.15, -0.1) is 0 Å². The third-order valence-corrected chi connectivity index (χ3v) is 2.71. The second kappa shape index (κ2) is 6.10. The van der Waals surface area contributed by atoms with Gasteiger partial charge in [-0.2, -0.15) is 0 Å². The molecule has 0 radical (unpaired) electrons. The van der Waals surface area contributed by atoms with E-state index < -0.39 is 4.92 Å². The molecule has 1 aromatic heterocycles. The number of nitrogens with one attached hydrogen (secondary N) is 1. The molecule has 0 aliphatic carbocycles. The molecule has 0 aliphatic heterocycles. The van der Waals surface area contributed by atoms with Gasteiger partial charge in [0, 0.05) is 11.6 Å². The summed E-state index contributed by atoms with van der Waals surface area (Å²) >= 11 is 5.79. The van der Waals surface area contributed by atoms with Crippen LogP contribution in [-0.4, -0.2) is 21.4 Å². The van der Waals surface area contributed by atoms with Gasteiger partial charge in [0.1, 0.15) is 12.4 Å². The molecule has 19 heavy (non-hydrogen) atoms. The van der Waals surface area contributed by atoms with Crippen molar-refractivity contribution in [3.63, 3.8) is 0 Å². The van der Waals surface area contributed by atoms with Gasteiger partial charge >= 0.3 is 5.69 Å². The van der Waals surface area contributed by atoms with Crippen LogP contribution in [0.2, 0.25) is 5.02 Å². The van der Waals surface area contributed by atoms with Gasteiger partial charge in [-0.1, -0.05) is 23.7 Å². The van der Waals surface area contributed by atoms with Gasteiger partial charge in [-0.05, 0) is 24.1 Å². The summed E-state index contributed by atoms with van der Waals surface area (Å²) in [6.45, 7) is 0.638. The fourth-order valence-electron chi connectivity index (χ4n) is 1.48. The first-order valence-electron chi connectivity index (χ1n) is 5.60. The molecule has 1 N–H and O–H groups in total. The van der Waals surface area contributed by atoms with Crippen LogP contribution in [0.3, 0.4) is 0 Å². The van der Waals surface area contributed by atoms with E-state index in [4.69, 9.17) is 11.6 Å². The summed E-state index contributed by atoms with van der Waals surface area (Å²) in [6.07, 6.45) is 3.15. The molecule has 98 valence electrons. The molecule has 6 nitrogen and oxygen atoms in total. The highest BCUT2D eigenvalue weighted by Crippen LogP contribution is 2.11. The SMILES string of the molecule is O=[N+]([O-])c1cnc(NCCc2ccc(Cl)cc2)nc1. The summed E-state index contributed by atoms with van der Waals surface area (Å²) in [7, 11) is 0. The minimum absolute atomic E-state index is 0.122. The minimum atomic E-state index is -0.530. The van der Waals surface area contributed by atoms with Gasteiger partial charge in [0.2, 0.25) is 5.95 Å². The summed E-state index contributed by atoms with van der Waals surface area (Å²) in [5.74, 6) is 0.375. The second-order valence-electron chi connectivity index (χ2n) is 3.83. The number of hydrogen-bond acceptors (Lipinski definition) is 5. The molecule has 1 heterocycles. The maximum absolute atomic E-state index is 10.4. The van der Waals surface area contributed by atoms with Gasteiger partial charge in [0.05, 0.1) is 4.92 Å². The molecule has 0 aliphatic rings. The van der Waals surface area contributed by atoms with Crippen LogP contribution in [0.5, 0.6) is 0 Å². The normalized spacial score (nSPS) is 10.2. The number of nitrogens with zero attached hydrogens (tertiary/aromatic N) is 3. The topological polar surface area (TPSA) is 81.0 Å². The predicted octanol–water partition coefficient (Wildman–Crippen LogP) is 2.69. The highest BCUT2D eigenvalue weighted by atomic mass is 35.5. The molecule has 0 fully saturated rings. The molecule has 0 atom stereocenters. The summed E-state index contributed by atoms with van der Waals surface area (Å²) < 4.78 is 0. The summed E-state index contributed by atoms with van der Waals surface area (Å²) in [5, 5.41) is 14.1. The van der Waals surface area contributed by atoms with Crippen molar-refractivity contribution in [1.82, 2.24) is 9.97 Å². The van der Waals surface area contributed by atoms with Crippen molar-refractivity contribution in [2.75, 3.05) is 11.9 Å². The lowest BCUT2D eigenvalue weighted by Gasteiger charge is -2.04. The van der Waals surface area contributed by atoms with Crippen LogP contribution in [0, 0.1) is 10.1 Å². The van der Waals surface area contributed by atoms with Gasteiger partial charge in [-0.3, -0.25) is 10.1 Å². The Morgan fingerprint density at radius 1 is 1.21 bits per heavy atom. The highest BCUT2D eigenvalue weighted by Gasteiger charge is 2.05. The Morgan fingerprint density at radius 2 is 1.84 bits per heavy atom. The van der Waals surface area contributed by atoms with Crippen molar-refractivity contribution < 1.29 is 4.92 Å². The quantitative estimate of drug-likeness (QED) is 0.672. The third-order valence-electron chi connectivity index (χ3n) is 2.46. The molecule has 0 saturated carbocycles. The molecule has 7 heteroatoms. The van der Waals surface area contributed by atoms with E-state index >= 15 is 0 Å². The first kappa shape index (κ1) is 13.2. The molecule has 0 bridgehead atoms. The van der Waals surface area contributed by atoms with Crippen LogP contribution in [-0.2, 0) is 6.42 Å². The number of aromatic nitrogens is 2. The van der Waals surface area contributed by atoms with Gasteiger partial charge in [0.25, 0.3) is 0 Å². The smallest absolute Gasteiger partial charge is 0.305 e. The van der Waals surface area contributed by atoms with Crippen LogP contribution in [0.15, 0.2) is 36.7 Å². The number of benzene rings is 1. The zero-order chi connectivity index (χ0) is 13.7.